The number of thiazole rings is 1. The predicted octanol–water partition coefficient (Wildman–Crippen LogP) is 2.99. The molecule has 0 aromatic carbocycles. The lowest BCUT2D eigenvalue weighted by atomic mass is 10.1. The number of Topliss-reactive ketones (excluding diaryl/α,β-unsaturated/α-hetero) is 1. The molecule has 84 valence electrons. The minimum absolute atomic E-state index is 0.0706. The molecule has 0 aliphatic carbocycles. The van der Waals surface area contributed by atoms with Gasteiger partial charge in [0, 0.05) is 5.57 Å². The van der Waals surface area contributed by atoms with E-state index in [1.54, 1.807) is 18.2 Å². The Morgan fingerprint density at radius 2 is 2.44 bits per heavy atom. The molecule has 0 amide bonds. The number of nitrogen functional groups attached to an aromatic ring is 1. The first-order valence-corrected chi connectivity index (χ1v) is 5.76. The molecule has 0 radical (unpaired) electrons. The summed E-state index contributed by atoms with van der Waals surface area (Å²) < 4.78 is 0. The standard InChI is InChI=1S/C12H14N2OS/c1-3-5-7-9(6-4-2)11(15)10-8-14-12(13)16-10/h4-8H,2-3H2,1H3,(H2,13,14)/b7-5-,9-6+. The van der Waals surface area contributed by atoms with E-state index in [2.05, 4.69) is 11.6 Å². The van der Waals surface area contributed by atoms with Gasteiger partial charge in [0.1, 0.15) is 0 Å². The number of hydrogen-bond acceptors (Lipinski definition) is 4. The maximum atomic E-state index is 12.0. The molecule has 0 spiro atoms. The van der Waals surface area contributed by atoms with Gasteiger partial charge in [0.15, 0.2) is 5.13 Å². The summed E-state index contributed by atoms with van der Waals surface area (Å²) >= 11 is 1.19. The van der Waals surface area contributed by atoms with E-state index in [0.29, 0.717) is 15.6 Å². The molecule has 4 heteroatoms. The zero-order chi connectivity index (χ0) is 12.0. The molecule has 0 saturated carbocycles. The number of rotatable bonds is 5. The van der Waals surface area contributed by atoms with Crippen molar-refractivity contribution in [1.82, 2.24) is 4.98 Å². The monoisotopic (exact) mass is 234 g/mol. The number of nitrogens with two attached hydrogens (primary N) is 1. The summed E-state index contributed by atoms with van der Waals surface area (Å²) in [6, 6.07) is 0. The second kappa shape index (κ2) is 6.02. The molecule has 2 N–H and O–H groups in total. The Hall–Kier alpha value is -1.68. The molecule has 0 fully saturated rings. The van der Waals surface area contributed by atoms with Crippen LogP contribution in [0.2, 0.25) is 0 Å². The molecule has 1 rings (SSSR count). The zero-order valence-electron chi connectivity index (χ0n) is 9.14. The van der Waals surface area contributed by atoms with Gasteiger partial charge < -0.3 is 5.73 Å². The number of hydrogen-bond donors (Lipinski definition) is 1. The third kappa shape index (κ3) is 3.17. The van der Waals surface area contributed by atoms with Crippen LogP contribution in [0, 0.1) is 0 Å². The molecule has 1 heterocycles. The van der Waals surface area contributed by atoms with Gasteiger partial charge in [-0.15, -0.1) is 0 Å². The lowest BCUT2D eigenvalue weighted by Gasteiger charge is -1.96. The number of carbonyl (C=O) groups excluding carboxylic acids is 1. The molecule has 0 unspecified atom stereocenters. The van der Waals surface area contributed by atoms with Crippen molar-refractivity contribution in [3.8, 4) is 0 Å². The number of anilines is 1. The van der Waals surface area contributed by atoms with E-state index >= 15 is 0 Å². The smallest absolute Gasteiger partial charge is 0.204 e. The second-order valence-electron chi connectivity index (χ2n) is 3.06. The first kappa shape index (κ1) is 12.4. The van der Waals surface area contributed by atoms with Crippen LogP contribution in [0.4, 0.5) is 5.13 Å². The summed E-state index contributed by atoms with van der Waals surface area (Å²) in [7, 11) is 0. The number of allylic oxidation sites excluding steroid dienone is 5. The van der Waals surface area contributed by atoms with Gasteiger partial charge >= 0.3 is 0 Å². The SMILES string of the molecule is C=C/C=C(\C=C/CC)C(=O)c1cnc(N)s1. The van der Waals surface area contributed by atoms with Crippen LogP contribution in [0.5, 0.6) is 0 Å². The highest BCUT2D eigenvalue weighted by atomic mass is 32.1. The summed E-state index contributed by atoms with van der Waals surface area (Å²) in [6.45, 7) is 5.60. The van der Waals surface area contributed by atoms with Crippen LogP contribution in [-0.4, -0.2) is 10.8 Å². The summed E-state index contributed by atoms with van der Waals surface area (Å²) in [6.07, 6.45) is 9.38. The summed E-state index contributed by atoms with van der Waals surface area (Å²) in [5.74, 6) is -0.0706. The highest BCUT2D eigenvalue weighted by Crippen LogP contribution is 2.19. The lowest BCUT2D eigenvalue weighted by Crippen LogP contribution is -1.98. The Morgan fingerprint density at radius 1 is 1.69 bits per heavy atom. The van der Waals surface area contributed by atoms with Crippen molar-refractivity contribution in [1.29, 1.82) is 0 Å². The van der Waals surface area contributed by atoms with Gasteiger partial charge in [-0.3, -0.25) is 4.79 Å². The summed E-state index contributed by atoms with van der Waals surface area (Å²) in [4.78, 5) is 16.4. The van der Waals surface area contributed by atoms with Crippen LogP contribution in [-0.2, 0) is 0 Å². The molecule has 1 aromatic rings. The number of aromatic nitrogens is 1. The van der Waals surface area contributed by atoms with Crippen molar-refractivity contribution in [3.05, 3.63) is 47.5 Å². The van der Waals surface area contributed by atoms with Crippen molar-refractivity contribution < 1.29 is 4.79 Å². The highest BCUT2D eigenvalue weighted by molar-refractivity contribution is 7.17. The molecule has 3 nitrogen and oxygen atoms in total. The number of nitrogens with zero attached hydrogens (tertiary/aromatic N) is 1. The number of carbonyl (C=O) groups is 1. The van der Waals surface area contributed by atoms with Crippen molar-refractivity contribution in [2.75, 3.05) is 5.73 Å². The van der Waals surface area contributed by atoms with E-state index in [-0.39, 0.29) is 5.78 Å². The largest absolute Gasteiger partial charge is 0.375 e. The van der Waals surface area contributed by atoms with E-state index in [0.717, 1.165) is 6.42 Å². The Balaban J connectivity index is 2.96. The highest BCUT2D eigenvalue weighted by Gasteiger charge is 2.12. The molecule has 0 bridgehead atoms. The van der Waals surface area contributed by atoms with Crippen molar-refractivity contribution in [2.24, 2.45) is 0 Å². The molecule has 0 atom stereocenters. The van der Waals surface area contributed by atoms with Crippen LogP contribution in [0.25, 0.3) is 0 Å². The van der Waals surface area contributed by atoms with Crippen molar-refractivity contribution >= 4 is 22.3 Å². The minimum atomic E-state index is -0.0706. The minimum Gasteiger partial charge on any atom is -0.375 e. The molecule has 0 aliphatic heterocycles. The van der Waals surface area contributed by atoms with E-state index in [1.165, 1.54) is 17.5 Å². The predicted molar refractivity (Wildman–Crippen MR) is 68.6 cm³/mol. The quantitative estimate of drug-likeness (QED) is 0.484. The van der Waals surface area contributed by atoms with E-state index in [4.69, 9.17) is 5.73 Å². The fraction of sp³-hybridized carbons (Fsp3) is 0.167. The summed E-state index contributed by atoms with van der Waals surface area (Å²) in [5.41, 5.74) is 6.09. The lowest BCUT2D eigenvalue weighted by molar-refractivity contribution is 0.104. The molecule has 16 heavy (non-hydrogen) atoms. The average molecular weight is 234 g/mol. The zero-order valence-corrected chi connectivity index (χ0v) is 9.96. The maximum Gasteiger partial charge on any atom is 0.204 e. The van der Waals surface area contributed by atoms with Gasteiger partial charge in [0.2, 0.25) is 5.78 Å². The second-order valence-corrected chi connectivity index (χ2v) is 4.12. The third-order valence-electron chi connectivity index (χ3n) is 1.84. The third-order valence-corrected chi connectivity index (χ3v) is 2.67. The van der Waals surface area contributed by atoms with Crippen LogP contribution in [0.15, 0.2) is 42.7 Å². The van der Waals surface area contributed by atoms with Gasteiger partial charge in [0.05, 0.1) is 11.1 Å². The van der Waals surface area contributed by atoms with Crippen LogP contribution in [0.1, 0.15) is 23.0 Å². The number of ketones is 1. The van der Waals surface area contributed by atoms with Gasteiger partial charge in [-0.1, -0.05) is 49.1 Å². The van der Waals surface area contributed by atoms with Gasteiger partial charge in [-0.05, 0) is 6.42 Å². The first-order valence-electron chi connectivity index (χ1n) is 4.94. The van der Waals surface area contributed by atoms with E-state index < -0.39 is 0 Å². The fourth-order valence-corrected chi connectivity index (χ4v) is 1.76. The van der Waals surface area contributed by atoms with Crippen molar-refractivity contribution in [3.63, 3.8) is 0 Å². The normalized spacial score (nSPS) is 11.9. The Bertz CT molecular complexity index is 444. The van der Waals surface area contributed by atoms with Gasteiger partial charge in [-0.25, -0.2) is 4.98 Å². The topological polar surface area (TPSA) is 56.0 Å². The first-order chi connectivity index (χ1) is 7.69. The Labute approximate surface area is 99.0 Å². The van der Waals surface area contributed by atoms with Crippen LogP contribution >= 0.6 is 11.3 Å². The maximum absolute atomic E-state index is 12.0. The summed E-state index contributed by atoms with van der Waals surface area (Å²) in [5, 5.41) is 0.403. The van der Waals surface area contributed by atoms with Crippen LogP contribution < -0.4 is 5.73 Å². The van der Waals surface area contributed by atoms with E-state index in [1.807, 2.05) is 13.0 Å². The van der Waals surface area contributed by atoms with Gasteiger partial charge in [0.25, 0.3) is 0 Å². The Kier molecular flexibility index (Phi) is 4.66. The average Bonchev–Trinajstić information content (AvgIpc) is 2.70. The fourth-order valence-electron chi connectivity index (χ4n) is 1.11. The molecule has 0 aliphatic rings. The van der Waals surface area contributed by atoms with Crippen LogP contribution in [0.3, 0.4) is 0 Å². The molecular weight excluding hydrogens is 220 g/mol. The van der Waals surface area contributed by atoms with Crippen molar-refractivity contribution in [2.45, 2.75) is 13.3 Å². The van der Waals surface area contributed by atoms with E-state index in [9.17, 15) is 4.79 Å². The molecular formula is C12H14N2OS. The molecule has 1 aromatic heterocycles. The van der Waals surface area contributed by atoms with Gasteiger partial charge in [-0.2, -0.15) is 0 Å². The Morgan fingerprint density at radius 3 is 2.94 bits per heavy atom. The molecule has 0 saturated heterocycles.